The van der Waals surface area contributed by atoms with Gasteiger partial charge in [-0.1, -0.05) is 17.7 Å². The fourth-order valence-corrected chi connectivity index (χ4v) is 2.52. The van der Waals surface area contributed by atoms with Gasteiger partial charge < -0.3 is 14.5 Å². The maximum absolute atomic E-state index is 11.6. The minimum Gasteiger partial charge on any atom is -0.484 e. The second-order valence-corrected chi connectivity index (χ2v) is 5.77. The molecule has 0 atom stereocenters. The fourth-order valence-electron chi connectivity index (χ4n) is 1.59. The molecule has 1 amide bonds. The second-order valence-electron chi connectivity index (χ2n) is 4.23. The molecule has 1 N–H and O–H groups in total. The number of benzene rings is 1. The van der Waals surface area contributed by atoms with Gasteiger partial charge in [0, 0.05) is 17.3 Å². The number of nitrogens with one attached hydrogen (secondary N) is 1. The van der Waals surface area contributed by atoms with Crippen molar-refractivity contribution in [2.75, 3.05) is 18.9 Å². The van der Waals surface area contributed by atoms with Gasteiger partial charge in [0.05, 0.1) is 12.0 Å². The zero-order valence-electron chi connectivity index (χ0n) is 11.4. The monoisotopic (exact) mass is 325 g/mol. The van der Waals surface area contributed by atoms with Crippen LogP contribution in [0, 0.1) is 0 Å². The topological polar surface area (TPSA) is 51.5 Å². The first-order valence-corrected chi connectivity index (χ1v) is 8.02. The van der Waals surface area contributed by atoms with Gasteiger partial charge in [0.25, 0.3) is 5.91 Å². The summed E-state index contributed by atoms with van der Waals surface area (Å²) < 4.78 is 10.6. The van der Waals surface area contributed by atoms with Gasteiger partial charge in [0.2, 0.25) is 0 Å². The van der Waals surface area contributed by atoms with Crippen LogP contribution in [-0.4, -0.2) is 24.8 Å². The molecule has 0 saturated heterocycles. The van der Waals surface area contributed by atoms with Crippen LogP contribution in [0.3, 0.4) is 0 Å². The number of halogens is 1. The highest BCUT2D eigenvalue weighted by Crippen LogP contribution is 2.16. The Morgan fingerprint density at radius 1 is 1.33 bits per heavy atom. The SMILES string of the molecule is O=C(COc1cccc(Cl)c1)NCCSCc1ccco1. The van der Waals surface area contributed by atoms with Crippen molar-refractivity contribution in [3.8, 4) is 5.75 Å². The van der Waals surface area contributed by atoms with Crippen LogP contribution < -0.4 is 10.1 Å². The van der Waals surface area contributed by atoms with Crippen LogP contribution in [0.15, 0.2) is 47.1 Å². The zero-order valence-corrected chi connectivity index (χ0v) is 13.0. The molecular weight excluding hydrogens is 310 g/mol. The molecule has 1 heterocycles. The van der Waals surface area contributed by atoms with E-state index in [1.54, 1.807) is 42.3 Å². The van der Waals surface area contributed by atoms with Gasteiger partial charge in [-0.05, 0) is 30.3 Å². The van der Waals surface area contributed by atoms with E-state index in [2.05, 4.69) is 5.32 Å². The first-order valence-electron chi connectivity index (χ1n) is 6.49. The molecule has 21 heavy (non-hydrogen) atoms. The number of amides is 1. The Morgan fingerprint density at radius 3 is 3.00 bits per heavy atom. The van der Waals surface area contributed by atoms with E-state index in [1.807, 2.05) is 12.1 Å². The van der Waals surface area contributed by atoms with Crippen molar-refractivity contribution in [2.45, 2.75) is 5.75 Å². The molecule has 2 rings (SSSR count). The Labute approximate surface area is 132 Å². The zero-order chi connectivity index (χ0) is 14.9. The van der Waals surface area contributed by atoms with Crippen LogP contribution >= 0.6 is 23.4 Å². The Hall–Kier alpha value is -1.59. The number of carbonyl (C=O) groups is 1. The molecule has 0 spiro atoms. The summed E-state index contributed by atoms with van der Waals surface area (Å²) in [4.78, 5) is 11.6. The summed E-state index contributed by atoms with van der Waals surface area (Å²) in [5, 5.41) is 3.38. The number of rotatable bonds is 8. The van der Waals surface area contributed by atoms with Gasteiger partial charge in [-0.15, -0.1) is 0 Å². The number of hydrogen-bond donors (Lipinski definition) is 1. The summed E-state index contributed by atoms with van der Waals surface area (Å²) in [6, 6.07) is 10.8. The van der Waals surface area contributed by atoms with Gasteiger partial charge >= 0.3 is 0 Å². The van der Waals surface area contributed by atoms with E-state index >= 15 is 0 Å². The molecule has 0 aliphatic rings. The van der Waals surface area contributed by atoms with E-state index in [9.17, 15) is 4.79 Å². The summed E-state index contributed by atoms with van der Waals surface area (Å²) in [5.41, 5.74) is 0. The fraction of sp³-hybridized carbons (Fsp3) is 0.267. The number of ether oxygens (including phenoxy) is 1. The van der Waals surface area contributed by atoms with Gasteiger partial charge in [0.1, 0.15) is 11.5 Å². The third-order valence-corrected chi connectivity index (χ3v) is 3.78. The molecule has 0 bridgehead atoms. The van der Waals surface area contributed by atoms with E-state index in [-0.39, 0.29) is 12.5 Å². The highest BCUT2D eigenvalue weighted by atomic mass is 35.5. The highest BCUT2D eigenvalue weighted by molar-refractivity contribution is 7.98. The molecular formula is C15H16ClNO3S. The number of furan rings is 1. The van der Waals surface area contributed by atoms with Crippen molar-refractivity contribution >= 4 is 29.3 Å². The third kappa shape index (κ3) is 6.14. The van der Waals surface area contributed by atoms with Crippen LogP contribution in [0.2, 0.25) is 5.02 Å². The quantitative estimate of drug-likeness (QED) is 0.756. The molecule has 0 saturated carbocycles. The normalized spacial score (nSPS) is 10.3. The first kappa shape index (κ1) is 15.8. The van der Waals surface area contributed by atoms with Crippen LogP contribution in [0.4, 0.5) is 0 Å². The predicted molar refractivity (Wildman–Crippen MR) is 84.8 cm³/mol. The summed E-state index contributed by atoms with van der Waals surface area (Å²) in [6.07, 6.45) is 1.66. The maximum Gasteiger partial charge on any atom is 0.257 e. The lowest BCUT2D eigenvalue weighted by Crippen LogP contribution is -2.30. The molecule has 1 aromatic heterocycles. The third-order valence-electron chi connectivity index (χ3n) is 2.56. The molecule has 0 fully saturated rings. The minimum atomic E-state index is -0.145. The van der Waals surface area contributed by atoms with Gasteiger partial charge in [-0.2, -0.15) is 11.8 Å². The minimum absolute atomic E-state index is 0.0107. The van der Waals surface area contributed by atoms with Crippen LogP contribution in [0.25, 0.3) is 0 Å². The van der Waals surface area contributed by atoms with Crippen molar-refractivity contribution < 1.29 is 13.9 Å². The van der Waals surface area contributed by atoms with Crippen LogP contribution in [-0.2, 0) is 10.5 Å². The molecule has 0 unspecified atom stereocenters. The summed E-state index contributed by atoms with van der Waals surface area (Å²) >= 11 is 7.53. The molecule has 0 aliphatic heterocycles. The highest BCUT2D eigenvalue weighted by Gasteiger charge is 2.03. The number of carbonyl (C=O) groups excluding carboxylic acids is 1. The van der Waals surface area contributed by atoms with Crippen LogP contribution in [0.1, 0.15) is 5.76 Å². The molecule has 1 aromatic carbocycles. The lowest BCUT2D eigenvalue weighted by molar-refractivity contribution is -0.122. The van der Waals surface area contributed by atoms with E-state index in [4.69, 9.17) is 20.8 Å². The smallest absolute Gasteiger partial charge is 0.257 e. The largest absolute Gasteiger partial charge is 0.484 e. The maximum atomic E-state index is 11.6. The van der Waals surface area contributed by atoms with E-state index in [0.29, 0.717) is 17.3 Å². The molecule has 0 aliphatic carbocycles. The van der Waals surface area contributed by atoms with E-state index in [0.717, 1.165) is 17.3 Å². The molecule has 112 valence electrons. The summed E-state index contributed by atoms with van der Waals surface area (Å²) in [6.45, 7) is 0.590. The van der Waals surface area contributed by atoms with E-state index < -0.39 is 0 Å². The Balaban J connectivity index is 1.55. The Morgan fingerprint density at radius 2 is 2.24 bits per heavy atom. The second kappa shape index (κ2) is 8.64. The summed E-state index contributed by atoms with van der Waals surface area (Å²) in [7, 11) is 0. The van der Waals surface area contributed by atoms with Crippen molar-refractivity contribution in [2.24, 2.45) is 0 Å². The van der Waals surface area contributed by atoms with E-state index in [1.165, 1.54) is 0 Å². The first-order chi connectivity index (χ1) is 10.2. The van der Waals surface area contributed by atoms with Gasteiger partial charge in [0.15, 0.2) is 6.61 Å². The van der Waals surface area contributed by atoms with Crippen molar-refractivity contribution in [1.29, 1.82) is 0 Å². The number of hydrogen-bond acceptors (Lipinski definition) is 4. The van der Waals surface area contributed by atoms with Crippen molar-refractivity contribution in [3.05, 3.63) is 53.4 Å². The molecule has 6 heteroatoms. The van der Waals surface area contributed by atoms with Crippen molar-refractivity contribution in [1.82, 2.24) is 5.32 Å². The lowest BCUT2D eigenvalue weighted by atomic mass is 10.3. The lowest BCUT2D eigenvalue weighted by Gasteiger charge is -2.07. The summed E-state index contributed by atoms with van der Waals surface area (Å²) in [5.74, 6) is 3.01. The van der Waals surface area contributed by atoms with Crippen LogP contribution in [0.5, 0.6) is 5.75 Å². The Kier molecular flexibility index (Phi) is 6.50. The predicted octanol–water partition coefficient (Wildman–Crippen LogP) is 3.36. The number of thioether (sulfide) groups is 1. The van der Waals surface area contributed by atoms with Gasteiger partial charge in [-0.25, -0.2) is 0 Å². The average molecular weight is 326 g/mol. The van der Waals surface area contributed by atoms with Crippen molar-refractivity contribution in [3.63, 3.8) is 0 Å². The molecule has 2 aromatic rings. The standard InChI is InChI=1S/C15H16ClNO3S/c16-12-3-1-4-13(9-12)20-10-15(18)17-6-8-21-11-14-5-2-7-19-14/h1-5,7,9H,6,8,10-11H2,(H,17,18). The average Bonchev–Trinajstić information content (AvgIpc) is 2.98. The molecule has 0 radical (unpaired) electrons. The molecule has 4 nitrogen and oxygen atoms in total. The Bertz CT molecular complexity index is 560. The van der Waals surface area contributed by atoms with Gasteiger partial charge in [-0.3, -0.25) is 4.79 Å².